The number of rotatable bonds is 2. The van der Waals surface area contributed by atoms with E-state index >= 15 is 0 Å². The second-order valence-electron chi connectivity index (χ2n) is 4.33. The van der Waals surface area contributed by atoms with Crippen LogP contribution in [0, 0.1) is 0 Å². The van der Waals surface area contributed by atoms with E-state index < -0.39 is 36.7 Å². The summed E-state index contributed by atoms with van der Waals surface area (Å²) in [5.41, 5.74) is 0. The van der Waals surface area contributed by atoms with Crippen molar-refractivity contribution < 1.29 is 39.8 Å². The maximum absolute atomic E-state index is 11.8. The zero-order valence-corrected chi connectivity index (χ0v) is 10.2. The molecule has 5 N–H and O–H groups in total. The number of carbonyl (C=O) groups excluding carboxylic acids is 1. The zero-order chi connectivity index (χ0) is 14.9. The first-order valence-corrected chi connectivity index (χ1v) is 5.78. The van der Waals surface area contributed by atoms with Crippen LogP contribution in [0.15, 0.2) is 24.3 Å². The van der Waals surface area contributed by atoms with Crippen LogP contribution in [-0.4, -0.2) is 62.2 Å². The van der Waals surface area contributed by atoms with E-state index in [1.165, 1.54) is 24.3 Å². The highest BCUT2D eigenvalue weighted by Crippen LogP contribution is 2.22. The summed E-state index contributed by atoms with van der Waals surface area (Å²) in [5.74, 6) is -0.986. The summed E-state index contributed by atoms with van der Waals surface area (Å²) in [6.45, 7) is 0. The van der Waals surface area contributed by atoms with Gasteiger partial charge in [0, 0.05) is 0 Å². The van der Waals surface area contributed by atoms with Gasteiger partial charge in [0.05, 0.1) is 0 Å². The minimum Gasteiger partial charge on any atom is -0.508 e. The molecule has 0 bridgehead atoms. The van der Waals surface area contributed by atoms with Crippen molar-refractivity contribution in [2.24, 2.45) is 0 Å². The minimum absolute atomic E-state index is 0.0206. The first kappa shape index (κ1) is 14.7. The topological polar surface area (TPSA) is 137 Å². The Labute approximate surface area is 113 Å². The number of phenols is 1. The highest BCUT2D eigenvalue weighted by molar-refractivity contribution is 5.78. The molecular formula is C12H14O8. The van der Waals surface area contributed by atoms with Crippen LogP contribution in [0.3, 0.4) is 0 Å². The van der Waals surface area contributed by atoms with Gasteiger partial charge in [-0.1, -0.05) is 0 Å². The Kier molecular flexibility index (Phi) is 4.21. The predicted molar refractivity (Wildman–Crippen MR) is 62.6 cm³/mol. The molecule has 0 amide bonds. The number of hydrogen-bond donors (Lipinski definition) is 5. The number of aliphatic hydroxyl groups excluding tert-OH is 4. The fraction of sp³-hybridized carbons (Fsp3) is 0.417. The van der Waals surface area contributed by atoms with Crippen molar-refractivity contribution in [2.75, 3.05) is 0 Å². The quantitative estimate of drug-likeness (QED) is 0.314. The number of aromatic hydroxyl groups is 1. The average molecular weight is 286 g/mol. The lowest BCUT2D eigenvalue weighted by atomic mass is 9.99. The number of benzene rings is 1. The number of carbonyl (C=O) groups is 1. The molecule has 1 fully saturated rings. The number of hydrogen-bond acceptors (Lipinski definition) is 8. The second-order valence-corrected chi connectivity index (χ2v) is 4.33. The van der Waals surface area contributed by atoms with Crippen molar-refractivity contribution in [1.29, 1.82) is 0 Å². The molecule has 0 aromatic heterocycles. The van der Waals surface area contributed by atoms with E-state index in [2.05, 4.69) is 0 Å². The van der Waals surface area contributed by atoms with E-state index in [1.54, 1.807) is 0 Å². The highest BCUT2D eigenvalue weighted by atomic mass is 16.7. The molecule has 5 atom stereocenters. The van der Waals surface area contributed by atoms with Gasteiger partial charge in [-0.25, -0.2) is 4.79 Å². The van der Waals surface area contributed by atoms with E-state index in [9.17, 15) is 25.2 Å². The van der Waals surface area contributed by atoms with Crippen molar-refractivity contribution >= 4 is 5.97 Å². The van der Waals surface area contributed by atoms with Crippen molar-refractivity contribution in [3.63, 3.8) is 0 Å². The summed E-state index contributed by atoms with van der Waals surface area (Å²) in [5, 5.41) is 46.7. The molecule has 8 nitrogen and oxygen atoms in total. The molecule has 1 saturated heterocycles. The molecule has 1 aliphatic heterocycles. The average Bonchev–Trinajstić information content (AvgIpc) is 2.43. The third-order valence-electron chi connectivity index (χ3n) is 2.88. The monoisotopic (exact) mass is 286 g/mol. The van der Waals surface area contributed by atoms with Crippen molar-refractivity contribution in [2.45, 2.75) is 30.7 Å². The van der Waals surface area contributed by atoms with E-state index in [-0.39, 0.29) is 11.5 Å². The number of esters is 1. The van der Waals surface area contributed by atoms with Crippen molar-refractivity contribution in [3.8, 4) is 11.5 Å². The fourth-order valence-corrected chi connectivity index (χ4v) is 1.74. The Morgan fingerprint density at radius 1 is 1.00 bits per heavy atom. The molecule has 2 rings (SSSR count). The molecule has 0 unspecified atom stereocenters. The van der Waals surface area contributed by atoms with Crippen LogP contribution in [0.2, 0.25) is 0 Å². The first-order valence-electron chi connectivity index (χ1n) is 5.78. The van der Waals surface area contributed by atoms with Crippen molar-refractivity contribution in [1.82, 2.24) is 0 Å². The lowest BCUT2D eigenvalue weighted by molar-refractivity contribution is -0.279. The van der Waals surface area contributed by atoms with Crippen LogP contribution in [0.1, 0.15) is 0 Å². The van der Waals surface area contributed by atoms with E-state index in [0.29, 0.717) is 0 Å². The van der Waals surface area contributed by atoms with Crippen LogP contribution in [0.5, 0.6) is 11.5 Å². The van der Waals surface area contributed by atoms with Crippen LogP contribution >= 0.6 is 0 Å². The Balaban J connectivity index is 2.06. The summed E-state index contributed by atoms with van der Waals surface area (Å²) >= 11 is 0. The summed E-state index contributed by atoms with van der Waals surface area (Å²) < 4.78 is 9.58. The van der Waals surface area contributed by atoms with Gasteiger partial charge in [0.1, 0.15) is 29.8 Å². The van der Waals surface area contributed by atoms with Gasteiger partial charge in [-0.3, -0.25) is 0 Å². The second kappa shape index (κ2) is 5.73. The minimum atomic E-state index is -1.81. The van der Waals surface area contributed by atoms with Crippen LogP contribution in [0.25, 0.3) is 0 Å². The Bertz CT molecular complexity index is 473. The number of phenolic OH excluding ortho intramolecular Hbond substituents is 1. The summed E-state index contributed by atoms with van der Waals surface area (Å²) in [6.07, 6.45) is -8.65. The van der Waals surface area contributed by atoms with Gasteiger partial charge in [-0.05, 0) is 24.3 Å². The molecule has 0 aliphatic carbocycles. The largest absolute Gasteiger partial charge is 0.508 e. The Hall–Kier alpha value is -1.71. The molecule has 1 heterocycles. The van der Waals surface area contributed by atoms with Gasteiger partial charge in [0.15, 0.2) is 12.4 Å². The van der Waals surface area contributed by atoms with Crippen molar-refractivity contribution in [3.05, 3.63) is 24.3 Å². The lowest BCUT2D eigenvalue weighted by Crippen LogP contribution is -2.60. The Morgan fingerprint density at radius 2 is 1.60 bits per heavy atom. The molecular weight excluding hydrogens is 272 g/mol. The van der Waals surface area contributed by atoms with Gasteiger partial charge in [-0.2, -0.15) is 0 Å². The molecule has 0 spiro atoms. The summed E-state index contributed by atoms with van der Waals surface area (Å²) in [7, 11) is 0. The van der Waals surface area contributed by atoms with Gasteiger partial charge in [0.25, 0.3) is 0 Å². The van der Waals surface area contributed by atoms with Gasteiger partial charge >= 0.3 is 5.97 Å². The van der Waals surface area contributed by atoms with E-state index in [0.717, 1.165) is 0 Å². The normalized spacial score (nSPS) is 33.7. The Morgan fingerprint density at radius 3 is 2.20 bits per heavy atom. The molecule has 1 aromatic rings. The zero-order valence-electron chi connectivity index (χ0n) is 10.2. The first-order chi connectivity index (χ1) is 9.40. The molecule has 1 aromatic carbocycles. The molecule has 1 aliphatic rings. The highest BCUT2D eigenvalue weighted by Gasteiger charge is 2.47. The third-order valence-corrected chi connectivity index (χ3v) is 2.88. The van der Waals surface area contributed by atoms with E-state index in [1.807, 2.05) is 0 Å². The molecule has 0 saturated carbocycles. The number of aliphatic hydroxyl groups is 4. The lowest BCUT2D eigenvalue weighted by Gasteiger charge is -2.36. The molecule has 20 heavy (non-hydrogen) atoms. The number of ether oxygens (including phenoxy) is 2. The van der Waals surface area contributed by atoms with Crippen LogP contribution < -0.4 is 4.74 Å². The summed E-state index contributed by atoms with van der Waals surface area (Å²) in [4.78, 5) is 11.8. The van der Waals surface area contributed by atoms with Crippen LogP contribution in [-0.2, 0) is 9.53 Å². The third kappa shape index (κ3) is 2.89. The standard InChI is InChI=1S/C12H14O8/c13-5-1-3-6(4-2-5)19-12(18)10-8(15)7(14)9(16)11(17)20-10/h1-4,7-11,13-17H/t7-,8-,9+,10-,11-/m0/s1. The summed E-state index contributed by atoms with van der Waals surface area (Å²) in [6, 6.07) is 5.19. The van der Waals surface area contributed by atoms with Gasteiger partial charge in [-0.15, -0.1) is 0 Å². The molecule has 8 heteroatoms. The van der Waals surface area contributed by atoms with Crippen LogP contribution in [0.4, 0.5) is 0 Å². The predicted octanol–water partition coefficient (Wildman–Crippen LogP) is -1.90. The van der Waals surface area contributed by atoms with Gasteiger partial charge in [0.2, 0.25) is 0 Å². The molecule has 110 valence electrons. The molecule has 0 radical (unpaired) electrons. The maximum Gasteiger partial charge on any atom is 0.343 e. The smallest absolute Gasteiger partial charge is 0.343 e. The van der Waals surface area contributed by atoms with E-state index in [4.69, 9.17) is 14.6 Å². The maximum atomic E-state index is 11.8. The SMILES string of the molecule is O=C(Oc1ccc(O)cc1)[C@H]1O[C@H](O)[C@H](O)[C@@H](O)[C@@H]1O. The fourth-order valence-electron chi connectivity index (χ4n) is 1.74. The van der Waals surface area contributed by atoms with Gasteiger partial charge < -0.3 is 35.0 Å².